The first kappa shape index (κ1) is 15.7. The highest BCUT2D eigenvalue weighted by atomic mass is 79.9. The molecule has 1 atom stereocenters. The van der Waals surface area contributed by atoms with Crippen LogP contribution in [-0.4, -0.2) is 45.2 Å². The van der Waals surface area contributed by atoms with E-state index in [1.807, 2.05) is 0 Å². The Kier molecular flexibility index (Phi) is 4.16. The minimum absolute atomic E-state index is 0.00634. The molecule has 0 aliphatic carbocycles. The molecule has 0 aromatic heterocycles. The standard InChI is InChI=1S/C11H15BrN2O4S2/c1-8-7-19(15,16)5-4-14(8)20(17,18)11-3-2-9(12)6-10(11)13/h2-3,6,8H,4-5,7,13H2,1H3. The summed E-state index contributed by atoms with van der Waals surface area (Å²) in [5, 5.41) is 0. The van der Waals surface area contributed by atoms with Gasteiger partial charge in [-0.1, -0.05) is 15.9 Å². The van der Waals surface area contributed by atoms with Gasteiger partial charge in [0.1, 0.15) is 4.90 Å². The molecule has 0 saturated carbocycles. The van der Waals surface area contributed by atoms with Crippen LogP contribution in [0.3, 0.4) is 0 Å². The minimum Gasteiger partial charge on any atom is -0.398 e. The second-order valence-electron chi connectivity index (χ2n) is 4.76. The van der Waals surface area contributed by atoms with Crippen LogP contribution in [-0.2, 0) is 19.9 Å². The third-order valence-electron chi connectivity index (χ3n) is 3.17. The zero-order chi connectivity index (χ0) is 15.1. The molecule has 1 fully saturated rings. The quantitative estimate of drug-likeness (QED) is 0.764. The summed E-state index contributed by atoms with van der Waals surface area (Å²) in [4.78, 5) is 0.00634. The highest BCUT2D eigenvalue weighted by Gasteiger charge is 2.37. The zero-order valence-electron chi connectivity index (χ0n) is 10.8. The summed E-state index contributed by atoms with van der Waals surface area (Å²) in [7, 11) is -6.95. The third kappa shape index (κ3) is 3.00. The average Bonchev–Trinajstić information content (AvgIpc) is 2.26. The lowest BCUT2D eigenvalue weighted by Crippen LogP contribution is -2.49. The van der Waals surface area contributed by atoms with Gasteiger partial charge in [0.2, 0.25) is 10.0 Å². The number of sulfone groups is 1. The fourth-order valence-corrected chi connectivity index (χ4v) is 6.10. The molecule has 1 heterocycles. The number of hydrogen-bond acceptors (Lipinski definition) is 5. The zero-order valence-corrected chi connectivity index (χ0v) is 14.0. The first-order valence-electron chi connectivity index (χ1n) is 5.91. The Hall–Kier alpha value is -0.640. The van der Waals surface area contributed by atoms with Gasteiger partial charge in [0.05, 0.1) is 17.2 Å². The largest absolute Gasteiger partial charge is 0.398 e. The van der Waals surface area contributed by atoms with Crippen LogP contribution < -0.4 is 5.73 Å². The van der Waals surface area contributed by atoms with Gasteiger partial charge in [-0.15, -0.1) is 0 Å². The summed E-state index contributed by atoms with van der Waals surface area (Å²) in [6, 6.07) is 3.93. The minimum atomic E-state index is -3.79. The van der Waals surface area contributed by atoms with Gasteiger partial charge in [-0.2, -0.15) is 4.31 Å². The van der Waals surface area contributed by atoms with Crippen molar-refractivity contribution < 1.29 is 16.8 Å². The van der Waals surface area contributed by atoms with Crippen molar-refractivity contribution >= 4 is 41.5 Å². The molecule has 2 N–H and O–H groups in total. The fraction of sp³-hybridized carbons (Fsp3) is 0.455. The fourth-order valence-electron chi connectivity index (χ4n) is 2.22. The Morgan fingerprint density at radius 2 is 2.05 bits per heavy atom. The van der Waals surface area contributed by atoms with E-state index in [1.165, 1.54) is 16.4 Å². The maximum Gasteiger partial charge on any atom is 0.245 e. The number of nitrogens with zero attached hydrogens (tertiary/aromatic N) is 1. The van der Waals surface area contributed by atoms with E-state index < -0.39 is 25.9 Å². The number of halogens is 1. The lowest BCUT2D eigenvalue weighted by atomic mass is 10.3. The summed E-state index contributed by atoms with van der Waals surface area (Å²) in [6.07, 6.45) is 0. The van der Waals surface area contributed by atoms with Crippen LogP contribution in [0.4, 0.5) is 5.69 Å². The van der Waals surface area contributed by atoms with Crippen LogP contribution in [0.2, 0.25) is 0 Å². The summed E-state index contributed by atoms with van der Waals surface area (Å²) >= 11 is 3.22. The predicted molar refractivity (Wildman–Crippen MR) is 80.6 cm³/mol. The van der Waals surface area contributed by atoms with Crippen LogP contribution in [0.15, 0.2) is 27.6 Å². The van der Waals surface area contributed by atoms with E-state index >= 15 is 0 Å². The summed E-state index contributed by atoms with van der Waals surface area (Å²) < 4.78 is 50.1. The predicted octanol–water partition coefficient (Wildman–Crippen LogP) is 0.839. The topological polar surface area (TPSA) is 97.5 Å². The monoisotopic (exact) mass is 382 g/mol. The van der Waals surface area contributed by atoms with Gasteiger partial charge in [-0.05, 0) is 25.1 Å². The maximum absolute atomic E-state index is 12.6. The second-order valence-corrected chi connectivity index (χ2v) is 9.76. The van der Waals surface area contributed by atoms with Crippen LogP contribution in [0.25, 0.3) is 0 Å². The van der Waals surface area contributed by atoms with E-state index in [2.05, 4.69) is 15.9 Å². The van der Waals surface area contributed by atoms with Gasteiger partial charge in [0, 0.05) is 17.1 Å². The Morgan fingerprint density at radius 3 is 2.60 bits per heavy atom. The molecular formula is C11H15BrN2O4S2. The average molecular weight is 383 g/mol. The molecule has 1 aromatic rings. The van der Waals surface area contributed by atoms with Crippen molar-refractivity contribution in [3.8, 4) is 0 Å². The molecule has 9 heteroatoms. The van der Waals surface area contributed by atoms with Gasteiger partial charge in [0.15, 0.2) is 9.84 Å². The molecule has 2 rings (SSSR count). The highest BCUT2D eigenvalue weighted by molar-refractivity contribution is 9.10. The molecule has 0 bridgehead atoms. The molecule has 0 spiro atoms. The Bertz CT molecular complexity index is 731. The van der Waals surface area contributed by atoms with Gasteiger partial charge in [-0.25, -0.2) is 16.8 Å². The first-order valence-corrected chi connectivity index (χ1v) is 9.96. The molecule has 1 unspecified atom stereocenters. The lowest BCUT2D eigenvalue weighted by Gasteiger charge is -2.32. The van der Waals surface area contributed by atoms with Gasteiger partial charge in [-0.3, -0.25) is 0 Å². The molecule has 1 aliphatic rings. The molecule has 1 saturated heterocycles. The van der Waals surface area contributed by atoms with Crippen molar-refractivity contribution in [1.29, 1.82) is 0 Å². The van der Waals surface area contributed by atoms with Crippen molar-refractivity contribution in [3.63, 3.8) is 0 Å². The highest BCUT2D eigenvalue weighted by Crippen LogP contribution is 2.28. The smallest absolute Gasteiger partial charge is 0.245 e. The number of rotatable bonds is 2. The Labute approximate surface area is 127 Å². The van der Waals surface area contributed by atoms with Crippen molar-refractivity contribution in [1.82, 2.24) is 4.31 Å². The lowest BCUT2D eigenvalue weighted by molar-refractivity contribution is 0.357. The summed E-state index contributed by atoms with van der Waals surface area (Å²) in [6.45, 7) is 1.55. The van der Waals surface area contributed by atoms with Gasteiger partial charge < -0.3 is 5.73 Å². The number of sulfonamides is 1. The summed E-state index contributed by atoms with van der Waals surface area (Å²) in [5.74, 6) is -0.324. The van der Waals surface area contributed by atoms with E-state index in [9.17, 15) is 16.8 Å². The number of nitrogens with two attached hydrogens (primary N) is 1. The molecule has 0 radical (unpaired) electrons. The maximum atomic E-state index is 12.6. The Balaban J connectivity index is 2.41. The van der Waals surface area contributed by atoms with Crippen LogP contribution in [0.5, 0.6) is 0 Å². The van der Waals surface area contributed by atoms with Crippen LogP contribution in [0, 0.1) is 0 Å². The van der Waals surface area contributed by atoms with Crippen LogP contribution in [0.1, 0.15) is 6.92 Å². The first-order chi connectivity index (χ1) is 9.13. The molecule has 0 amide bonds. The number of nitrogen functional groups attached to an aromatic ring is 1. The van der Waals surface area contributed by atoms with Crippen molar-refractivity contribution in [2.45, 2.75) is 17.9 Å². The second kappa shape index (κ2) is 5.28. The number of hydrogen-bond donors (Lipinski definition) is 1. The third-order valence-corrected chi connectivity index (χ3v) is 7.54. The van der Waals surface area contributed by atoms with Crippen molar-refractivity contribution in [2.75, 3.05) is 23.8 Å². The number of benzene rings is 1. The van der Waals surface area contributed by atoms with Crippen molar-refractivity contribution in [2.24, 2.45) is 0 Å². The SMILES string of the molecule is CC1CS(=O)(=O)CCN1S(=O)(=O)c1ccc(Br)cc1N. The Morgan fingerprint density at radius 1 is 1.40 bits per heavy atom. The molecule has 6 nitrogen and oxygen atoms in total. The molecule has 1 aromatic carbocycles. The van der Waals surface area contributed by atoms with E-state index in [0.717, 1.165) is 0 Å². The van der Waals surface area contributed by atoms with E-state index in [0.29, 0.717) is 4.47 Å². The molecule has 1 aliphatic heterocycles. The van der Waals surface area contributed by atoms with Gasteiger partial charge >= 0.3 is 0 Å². The number of anilines is 1. The molecule has 112 valence electrons. The molecule has 20 heavy (non-hydrogen) atoms. The van der Waals surface area contributed by atoms with E-state index in [1.54, 1.807) is 13.0 Å². The molecular weight excluding hydrogens is 368 g/mol. The summed E-state index contributed by atoms with van der Waals surface area (Å²) in [5.41, 5.74) is 5.90. The normalized spacial score (nSPS) is 23.6. The van der Waals surface area contributed by atoms with E-state index in [4.69, 9.17) is 5.73 Å². The van der Waals surface area contributed by atoms with Crippen LogP contribution >= 0.6 is 15.9 Å². The van der Waals surface area contributed by atoms with Crippen molar-refractivity contribution in [3.05, 3.63) is 22.7 Å². The van der Waals surface area contributed by atoms with Gasteiger partial charge in [0.25, 0.3) is 0 Å². The van der Waals surface area contributed by atoms with E-state index in [-0.39, 0.29) is 28.6 Å².